The minimum Gasteiger partial charge on any atom is -0.489 e. The topological polar surface area (TPSA) is 106 Å². The maximum absolute atomic E-state index is 12.5. The van der Waals surface area contributed by atoms with Gasteiger partial charge in [0, 0.05) is 26.7 Å². The highest BCUT2D eigenvalue weighted by atomic mass is 35.5. The van der Waals surface area contributed by atoms with Crippen molar-refractivity contribution in [3.05, 3.63) is 55.7 Å². The molecule has 1 aromatic heterocycles. The summed E-state index contributed by atoms with van der Waals surface area (Å²) in [5, 5.41) is 14.1. The van der Waals surface area contributed by atoms with E-state index in [0.717, 1.165) is 10.1 Å². The number of aromatic nitrogens is 2. The largest absolute Gasteiger partial charge is 0.489 e. The Kier molecular flexibility index (Phi) is 7.43. The van der Waals surface area contributed by atoms with Crippen molar-refractivity contribution in [3.63, 3.8) is 0 Å². The molecule has 0 aliphatic carbocycles. The van der Waals surface area contributed by atoms with Gasteiger partial charge in [-0.1, -0.05) is 17.7 Å². The quantitative estimate of drug-likeness (QED) is 0.667. The number of amides is 1. The molecule has 2 heterocycles. The Morgan fingerprint density at radius 2 is 1.94 bits per heavy atom. The third kappa shape index (κ3) is 5.79. The second-order valence-corrected chi connectivity index (χ2v) is 8.80. The molecule has 0 saturated carbocycles. The van der Waals surface area contributed by atoms with Crippen LogP contribution < -0.4 is 21.3 Å². The molecule has 1 unspecified atom stereocenters. The molecule has 1 fully saturated rings. The SMILES string of the molecule is Cc1ccc(Cl)c(OCC2(O)CCCN(CC(=O)Nc3cc(=O)n(C)c(=O)n3C)CC2)c1. The molecular weight excluding hydrogens is 436 g/mol. The van der Waals surface area contributed by atoms with Crippen LogP contribution >= 0.6 is 11.6 Å². The minimum absolute atomic E-state index is 0.0873. The number of nitrogens with zero attached hydrogens (tertiary/aromatic N) is 3. The molecule has 1 aliphatic rings. The first kappa shape index (κ1) is 24.0. The summed E-state index contributed by atoms with van der Waals surface area (Å²) >= 11 is 6.18. The third-order valence-corrected chi connectivity index (χ3v) is 6.07. The van der Waals surface area contributed by atoms with Crippen molar-refractivity contribution >= 4 is 23.3 Å². The third-order valence-electron chi connectivity index (χ3n) is 5.75. The molecule has 32 heavy (non-hydrogen) atoms. The summed E-state index contributed by atoms with van der Waals surface area (Å²) in [6.07, 6.45) is 1.67. The smallest absolute Gasteiger partial charge is 0.332 e. The number of likely N-dealkylation sites (tertiary alicyclic amines) is 1. The van der Waals surface area contributed by atoms with E-state index in [0.29, 0.717) is 43.1 Å². The van der Waals surface area contributed by atoms with E-state index in [2.05, 4.69) is 5.32 Å². The zero-order chi connectivity index (χ0) is 23.5. The standard InChI is InChI=1S/C22H29ClN4O5/c1-15-5-6-16(23)17(11-15)32-14-22(31)7-4-9-27(10-8-22)13-19(28)24-18-12-20(29)26(3)21(30)25(18)2/h5-6,11-12,31H,4,7-10,13-14H2,1-3H3,(H,24,28). The van der Waals surface area contributed by atoms with Gasteiger partial charge in [0.1, 0.15) is 18.2 Å². The van der Waals surface area contributed by atoms with Crippen molar-refractivity contribution in [2.24, 2.45) is 14.1 Å². The van der Waals surface area contributed by atoms with Crippen molar-refractivity contribution in [2.45, 2.75) is 31.8 Å². The number of aryl methyl sites for hydroxylation is 1. The van der Waals surface area contributed by atoms with Crippen LogP contribution in [0.1, 0.15) is 24.8 Å². The second-order valence-electron chi connectivity index (χ2n) is 8.39. The zero-order valence-electron chi connectivity index (χ0n) is 18.6. The highest BCUT2D eigenvalue weighted by Crippen LogP contribution is 2.28. The summed E-state index contributed by atoms with van der Waals surface area (Å²) < 4.78 is 8.00. The number of benzene rings is 1. The first-order chi connectivity index (χ1) is 15.1. The van der Waals surface area contributed by atoms with Crippen molar-refractivity contribution in [1.82, 2.24) is 14.0 Å². The second kappa shape index (κ2) is 9.89. The van der Waals surface area contributed by atoms with E-state index >= 15 is 0 Å². The normalized spacial score (nSPS) is 19.4. The predicted molar refractivity (Wildman–Crippen MR) is 122 cm³/mol. The summed E-state index contributed by atoms with van der Waals surface area (Å²) in [6.45, 7) is 3.29. The van der Waals surface area contributed by atoms with Crippen molar-refractivity contribution in [1.29, 1.82) is 0 Å². The Morgan fingerprint density at radius 3 is 2.69 bits per heavy atom. The summed E-state index contributed by atoms with van der Waals surface area (Å²) in [7, 11) is 2.87. The van der Waals surface area contributed by atoms with Gasteiger partial charge in [-0.15, -0.1) is 0 Å². The van der Waals surface area contributed by atoms with Gasteiger partial charge in [-0.2, -0.15) is 0 Å². The molecule has 3 rings (SSSR count). The lowest BCUT2D eigenvalue weighted by molar-refractivity contribution is -0.117. The Bertz CT molecular complexity index is 1110. The van der Waals surface area contributed by atoms with Crippen molar-refractivity contribution in [3.8, 4) is 5.75 Å². The molecule has 9 nitrogen and oxygen atoms in total. The fraction of sp³-hybridized carbons (Fsp3) is 0.500. The molecule has 2 N–H and O–H groups in total. The molecule has 0 spiro atoms. The monoisotopic (exact) mass is 464 g/mol. The Morgan fingerprint density at radius 1 is 1.19 bits per heavy atom. The fourth-order valence-electron chi connectivity index (χ4n) is 3.71. The summed E-state index contributed by atoms with van der Waals surface area (Å²) in [4.78, 5) is 38.3. The number of ether oxygens (including phenoxy) is 1. The van der Waals surface area contributed by atoms with Crippen molar-refractivity contribution in [2.75, 3.05) is 31.6 Å². The lowest BCUT2D eigenvalue weighted by Crippen LogP contribution is -2.40. The van der Waals surface area contributed by atoms with E-state index in [-0.39, 0.29) is 24.9 Å². The fourth-order valence-corrected chi connectivity index (χ4v) is 3.88. The highest BCUT2D eigenvalue weighted by molar-refractivity contribution is 6.32. The lowest BCUT2D eigenvalue weighted by atomic mass is 9.96. The zero-order valence-corrected chi connectivity index (χ0v) is 19.3. The minimum atomic E-state index is -1.02. The molecule has 1 atom stereocenters. The van der Waals surface area contributed by atoms with Crippen LogP contribution in [0, 0.1) is 6.92 Å². The summed E-state index contributed by atoms with van der Waals surface area (Å²) in [5.74, 6) is 0.361. The summed E-state index contributed by atoms with van der Waals surface area (Å²) in [5.41, 5.74) is -1.00. The lowest BCUT2D eigenvalue weighted by Gasteiger charge is -2.27. The van der Waals surface area contributed by atoms with Gasteiger partial charge < -0.3 is 15.2 Å². The van der Waals surface area contributed by atoms with E-state index in [1.807, 2.05) is 24.0 Å². The van der Waals surface area contributed by atoms with Crippen LogP contribution in [-0.4, -0.2) is 56.9 Å². The van der Waals surface area contributed by atoms with Crippen LogP contribution in [0.3, 0.4) is 0 Å². The molecular formula is C22H29ClN4O5. The number of carbonyl (C=O) groups excluding carboxylic acids is 1. The van der Waals surface area contributed by atoms with E-state index in [4.69, 9.17) is 16.3 Å². The van der Waals surface area contributed by atoms with E-state index in [9.17, 15) is 19.5 Å². The van der Waals surface area contributed by atoms with Gasteiger partial charge in [0.05, 0.1) is 17.2 Å². The number of hydrogen-bond acceptors (Lipinski definition) is 6. The molecule has 0 bridgehead atoms. The van der Waals surface area contributed by atoms with Gasteiger partial charge in [0.25, 0.3) is 5.56 Å². The van der Waals surface area contributed by atoms with Gasteiger partial charge in [-0.3, -0.25) is 23.6 Å². The van der Waals surface area contributed by atoms with Gasteiger partial charge in [-0.05, 0) is 50.4 Å². The van der Waals surface area contributed by atoms with Crippen LogP contribution in [0.5, 0.6) is 5.75 Å². The molecule has 174 valence electrons. The molecule has 1 saturated heterocycles. The number of halogens is 1. The molecule has 1 aromatic carbocycles. The average Bonchev–Trinajstić information content (AvgIpc) is 2.93. The number of anilines is 1. The Hall–Kier alpha value is -2.62. The number of aliphatic hydroxyl groups is 1. The van der Waals surface area contributed by atoms with Crippen molar-refractivity contribution < 1.29 is 14.6 Å². The van der Waals surface area contributed by atoms with Gasteiger partial charge in [-0.25, -0.2) is 4.79 Å². The van der Waals surface area contributed by atoms with E-state index in [1.165, 1.54) is 24.7 Å². The van der Waals surface area contributed by atoms with Crippen LogP contribution in [0.2, 0.25) is 5.02 Å². The molecule has 0 radical (unpaired) electrons. The van der Waals surface area contributed by atoms with Gasteiger partial charge in [0.2, 0.25) is 5.91 Å². The van der Waals surface area contributed by atoms with Crippen LogP contribution in [-0.2, 0) is 18.9 Å². The average molecular weight is 465 g/mol. The molecule has 1 aliphatic heterocycles. The van der Waals surface area contributed by atoms with Gasteiger partial charge >= 0.3 is 5.69 Å². The number of rotatable bonds is 6. The van der Waals surface area contributed by atoms with Gasteiger partial charge in [0.15, 0.2) is 0 Å². The van der Waals surface area contributed by atoms with Crippen LogP contribution in [0.15, 0.2) is 33.9 Å². The van der Waals surface area contributed by atoms with E-state index < -0.39 is 16.9 Å². The Balaban J connectivity index is 1.57. The maximum atomic E-state index is 12.5. The maximum Gasteiger partial charge on any atom is 0.332 e. The summed E-state index contributed by atoms with van der Waals surface area (Å²) in [6, 6.07) is 6.71. The molecule has 10 heteroatoms. The first-order valence-corrected chi connectivity index (χ1v) is 10.9. The first-order valence-electron chi connectivity index (χ1n) is 10.5. The van der Waals surface area contributed by atoms with Crippen LogP contribution in [0.4, 0.5) is 5.82 Å². The molecule has 2 aromatic rings. The Labute approximate surface area is 191 Å². The number of hydrogen-bond donors (Lipinski definition) is 2. The van der Waals surface area contributed by atoms with E-state index in [1.54, 1.807) is 6.07 Å². The predicted octanol–water partition coefficient (Wildman–Crippen LogP) is 1.28. The highest BCUT2D eigenvalue weighted by Gasteiger charge is 2.32. The number of nitrogens with one attached hydrogen (secondary N) is 1. The molecule has 1 amide bonds. The number of carbonyl (C=O) groups is 1. The van der Waals surface area contributed by atoms with Crippen LogP contribution in [0.25, 0.3) is 0 Å².